The normalized spacial score (nSPS) is 13.2. The van der Waals surface area contributed by atoms with E-state index in [1.807, 2.05) is 0 Å². The smallest absolute Gasteiger partial charge is 0.0451 e. The lowest BCUT2D eigenvalue weighted by molar-refractivity contribution is 0.275. The van der Waals surface area contributed by atoms with Crippen LogP contribution in [0, 0.1) is 19.8 Å². The lowest BCUT2D eigenvalue weighted by Crippen LogP contribution is -2.34. The van der Waals surface area contributed by atoms with Crippen LogP contribution >= 0.6 is 0 Å². The first-order valence-electron chi connectivity index (χ1n) is 7.93. The summed E-state index contributed by atoms with van der Waals surface area (Å²) in [4.78, 5) is 2.45. The minimum atomic E-state index is 0.428. The second-order valence-corrected chi connectivity index (χ2v) is 6.42. The fraction of sp³-hybridized carbons (Fsp3) is 0.667. The van der Waals surface area contributed by atoms with Gasteiger partial charge < -0.3 is 10.2 Å². The van der Waals surface area contributed by atoms with Crippen molar-refractivity contribution in [2.45, 2.75) is 47.1 Å². The van der Waals surface area contributed by atoms with Gasteiger partial charge in [0, 0.05) is 12.6 Å². The van der Waals surface area contributed by atoms with Crippen LogP contribution in [0.4, 0.5) is 0 Å². The topological polar surface area (TPSA) is 15.3 Å². The summed E-state index contributed by atoms with van der Waals surface area (Å²) in [5.74, 6) is 0.774. The Morgan fingerprint density at radius 3 is 2.50 bits per heavy atom. The molecule has 1 unspecified atom stereocenters. The molecule has 0 saturated heterocycles. The van der Waals surface area contributed by atoms with E-state index < -0.39 is 0 Å². The van der Waals surface area contributed by atoms with Crippen molar-refractivity contribution in [3.63, 3.8) is 0 Å². The molecule has 20 heavy (non-hydrogen) atoms. The Morgan fingerprint density at radius 1 is 1.20 bits per heavy atom. The summed E-state index contributed by atoms with van der Waals surface area (Å²) in [5.41, 5.74) is 4.18. The molecule has 2 heteroatoms. The van der Waals surface area contributed by atoms with Crippen LogP contribution in [0.15, 0.2) is 18.2 Å². The summed E-state index contributed by atoms with van der Waals surface area (Å²) in [6.45, 7) is 14.4. The molecule has 0 aliphatic carbocycles. The lowest BCUT2D eigenvalue weighted by atomic mass is 9.98. The van der Waals surface area contributed by atoms with Crippen LogP contribution in [0.2, 0.25) is 0 Å². The van der Waals surface area contributed by atoms with E-state index in [-0.39, 0.29) is 0 Å². The highest BCUT2D eigenvalue weighted by Crippen LogP contribution is 2.20. The van der Waals surface area contributed by atoms with E-state index in [2.05, 4.69) is 70.1 Å². The molecular formula is C18H32N2. The summed E-state index contributed by atoms with van der Waals surface area (Å²) in [6.07, 6.45) is 1.27. The van der Waals surface area contributed by atoms with Gasteiger partial charge in [-0.05, 0) is 57.5 Å². The van der Waals surface area contributed by atoms with Crippen molar-refractivity contribution in [1.29, 1.82) is 0 Å². The zero-order valence-corrected chi connectivity index (χ0v) is 14.2. The standard InChI is InChI=1S/C18H32N2/c1-7-19-18(13-20(6)11-10-14(2)3)17-12-15(4)8-9-16(17)5/h8-9,12,14,18-19H,7,10-11,13H2,1-6H3. The van der Waals surface area contributed by atoms with Gasteiger partial charge in [-0.3, -0.25) is 0 Å². The third kappa shape index (κ3) is 5.64. The highest BCUT2D eigenvalue weighted by molar-refractivity contribution is 5.33. The highest BCUT2D eigenvalue weighted by atomic mass is 15.1. The van der Waals surface area contributed by atoms with Crippen LogP contribution in [0.5, 0.6) is 0 Å². The first kappa shape index (κ1) is 17.2. The van der Waals surface area contributed by atoms with Gasteiger partial charge >= 0.3 is 0 Å². The van der Waals surface area contributed by atoms with Crippen molar-refractivity contribution in [3.05, 3.63) is 34.9 Å². The van der Waals surface area contributed by atoms with Crippen LogP contribution in [-0.4, -0.2) is 31.6 Å². The SMILES string of the molecule is CCNC(CN(C)CCC(C)C)c1cc(C)ccc1C. The second kappa shape index (κ2) is 8.43. The first-order valence-corrected chi connectivity index (χ1v) is 7.93. The summed E-state index contributed by atoms with van der Waals surface area (Å²) in [7, 11) is 2.23. The van der Waals surface area contributed by atoms with E-state index in [9.17, 15) is 0 Å². The van der Waals surface area contributed by atoms with Crippen molar-refractivity contribution in [1.82, 2.24) is 10.2 Å². The fourth-order valence-electron chi connectivity index (χ4n) is 2.54. The van der Waals surface area contributed by atoms with Gasteiger partial charge in [-0.1, -0.05) is 44.5 Å². The molecule has 0 amide bonds. The van der Waals surface area contributed by atoms with Crippen molar-refractivity contribution in [2.75, 3.05) is 26.7 Å². The third-order valence-electron chi connectivity index (χ3n) is 3.84. The summed E-state index contributed by atoms with van der Waals surface area (Å²) >= 11 is 0. The molecule has 1 aromatic carbocycles. The van der Waals surface area contributed by atoms with Crippen LogP contribution in [-0.2, 0) is 0 Å². The summed E-state index contributed by atoms with van der Waals surface area (Å²) < 4.78 is 0. The van der Waals surface area contributed by atoms with Gasteiger partial charge in [0.1, 0.15) is 0 Å². The Morgan fingerprint density at radius 2 is 1.90 bits per heavy atom. The van der Waals surface area contributed by atoms with Crippen molar-refractivity contribution in [3.8, 4) is 0 Å². The maximum atomic E-state index is 3.64. The molecule has 114 valence electrons. The number of nitrogens with one attached hydrogen (secondary N) is 1. The maximum absolute atomic E-state index is 3.64. The molecule has 0 aromatic heterocycles. The molecule has 0 spiro atoms. The average Bonchev–Trinajstić information content (AvgIpc) is 2.39. The van der Waals surface area contributed by atoms with E-state index in [4.69, 9.17) is 0 Å². The molecule has 0 heterocycles. The van der Waals surface area contributed by atoms with Crippen molar-refractivity contribution >= 4 is 0 Å². The Kier molecular flexibility index (Phi) is 7.25. The molecule has 0 saturated carbocycles. The molecule has 1 aromatic rings. The maximum Gasteiger partial charge on any atom is 0.0451 e. The number of nitrogens with zero attached hydrogens (tertiary/aromatic N) is 1. The van der Waals surface area contributed by atoms with Gasteiger partial charge in [0.25, 0.3) is 0 Å². The molecule has 0 aliphatic rings. The average molecular weight is 276 g/mol. The number of aryl methyl sites for hydroxylation is 2. The molecule has 0 fully saturated rings. The molecular weight excluding hydrogens is 244 g/mol. The number of rotatable bonds is 8. The highest BCUT2D eigenvalue weighted by Gasteiger charge is 2.15. The minimum Gasteiger partial charge on any atom is -0.309 e. The van der Waals surface area contributed by atoms with Gasteiger partial charge in [-0.15, -0.1) is 0 Å². The molecule has 2 nitrogen and oxygen atoms in total. The quantitative estimate of drug-likeness (QED) is 0.774. The monoisotopic (exact) mass is 276 g/mol. The second-order valence-electron chi connectivity index (χ2n) is 6.42. The number of hydrogen-bond donors (Lipinski definition) is 1. The van der Waals surface area contributed by atoms with E-state index in [1.54, 1.807) is 0 Å². The van der Waals surface area contributed by atoms with E-state index in [1.165, 1.54) is 29.7 Å². The predicted molar refractivity (Wildman–Crippen MR) is 89.3 cm³/mol. The van der Waals surface area contributed by atoms with Crippen molar-refractivity contribution < 1.29 is 0 Å². The molecule has 1 rings (SSSR count). The zero-order valence-electron chi connectivity index (χ0n) is 14.2. The van der Waals surface area contributed by atoms with E-state index >= 15 is 0 Å². The molecule has 0 aliphatic heterocycles. The Balaban J connectivity index is 2.75. The number of benzene rings is 1. The molecule has 1 N–H and O–H groups in total. The lowest BCUT2D eigenvalue weighted by Gasteiger charge is -2.27. The molecule has 1 atom stereocenters. The van der Waals surface area contributed by atoms with Crippen LogP contribution in [0.3, 0.4) is 0 Å². The van der Waals surface area contributed by atoms with Gasteiger partial charge in [0.2, 0.25) is 0 Å². The van der Waals surface area contributed by atoms with Crippen LogP contribution < -0.4 is 5.32 Å². The number of likely N-dealkylation sites (N-methyl/N-ethyl adjacent to an activating group) is 2. The largest absolute Gasteiger partial charge is 0.309 e. The van der Waals surface area contributed by atoms with Crippen LogP contribution in [0.25, 0.3) is 0 Å². The Hall–Kier alpha value is -0.860. The summed E-state index contributed by atoms with van der Waals surface area (Å²) in [6, 6.07) is 7.20. The third-order valence-corrected chi connectivity index (χ3v) is 3.84. The van der Waals surface area contributed by atoms with Crippen molar-refractivity contribution in [2.24, 2.45) is 5.92 Å². The van der Waals surface area contributed by atoms with Gasteiger partial charge in [-0.25, -0.2) is 0 Å². The van der Waals surface area contributed by atoms with Gasteiger partial charge in [-0.2, -0.15) is 0 Å². The van der Waals surface area contributed by atoms with Gasteiger partial charge in [0.05, 0.1) is 0 Å². The predicted octanol–water partition coefficient (Wildman–Crippen LogP) is 3.93. The minimum absolute atomic E-state index is 0.428. The molecule has 0 bridgehead atoms. The van der Waals surface area contributed by atoms with E-state index in [0.717, 1.165) is 19.0 Å². The number of hydrogen-bond acceptors (Lipinski definition) is 2. The van der Waals surface area contributed by atoms with Gasteiger partial charge in [0.15, 0.2) is 0 Å². The molecule has 0 radical (unpaired) electrons. The van der Waals surface area contributed by atoms with Crippen LogP contribution in [0.1, 0.15) is 49.9 Å². The first-order chi connectivity index (χ1) is 9.43. The fourth-order valence-corrected chi connectivity index (χ4v) is 2.54. The zero-order chi connectivity index (χ0) is 15.1. The summed E-state index contributed by atoms with van der Waals surface area (Å²) in [5, 5.41) is 3.64. The Labute approximate surface area is 125 Å². The Bertz CT molecular complexity index is 398. The van der Waals surface area contributed by atoms with E-state index in [0.29, 0.717) is 6.04 Å².